The second kappa shape index (κ2) is 8.00. The molecule has 1 aromatic heterocycles. The smallest absolute Gasteiger partial charge is 0.346 e. The number of carboxylic acid groups (broad SMARTS) is 1. The highest BCUT2D eigenvalue weighted by Crippen LogP contribution is 1.91. The minimum Gasteiger partial charge on any atom is -0.550 e. The van der Waals surface area contributed by atoms with E-state index in [0.717, 1.165) is 6.92 Å². The molecule has 90 valence electrons. The molecule has 8 nitrogen and oxygen atoms in total. The largest absolute Gasteiger partial charge is 0.550 e. The number of carbonyl (C=O) groups is 2. The van der Waals surface area contributed by atoms with Crippen molar-refractivity contribution in [3.63, 3.8) is 0 Å². The maximum atomic E-state index is 11.0. The van der Waals surface area contributed by atoms with Gasteiger partial charge in [-0.05, 0) is 19.1 Å². The Hall–Kier alpha value is -2.35. The van der Waals surface area contributed by atoms with Gasteiger partial charge >= 0.3 is 11.9 Å². The number of guanidine groups is 1. The molecule has 1 heterocycles. The van der Waals surface area contributed by atoms with E-state index in [-0.39, 0.29) is 17.3 Å². The molecule has 0 saturated carbocycles. The van der Waals surface area contributed by atoms with Gasteiger partial charge in [0, 0.05) is 12.2 Å². The van der Waals surface area contributed by atoms with Gasteiger partial charge in [-0.15, -0.1) is 0 Å². The van der Waals surface area contributed by atoms with Crippen LogP contribution in [0.5, 0.6) is 0 Å². The number of carbonyl (C=O) groups excluding carboxylic acids is 2. The van der Waals surface area contributed by atoms with Crippen molar-refractivity contribution in [1.29, 1.82) is 0 Å². The molecule has 8 N–H and O–H groups in total. The van der Waals surface area contributed by atoms with Crippen molar-refractivity contribution in [3.05, 3.63) is 24.0 Å². The van der Waals surface area contributed by atoms with Gasteiger partial charge in [-0.2, -0.15) is 0 Å². The van der Waals surface area contributed by atoms with E-state index in [9.17, 15) is 4.79 Å². The highest BCUT2D eigenvalue weighted by atomic mass is 16.4. The maximum Gasteiger partial charge on any atom is 0.346 e. The molecule has 0 spiro atoms. The fourth-order valence-corrected chi connectivity index (χ4v) is 0.670. The lowest BCUT2D eigenvalue weighted by Crippen LogP contribution is -2.56. The molecule has 1 rings (SSSR count). The van der Waals surface area contributed by atoms with Crippen LogP contribution in [-0.2, 0) is 4.79 Å². The molecule has 8 heteroatoms. The van der Waals surface area contributed by atoms with Crippen LogP contribution in [0.2, 0.25) is 0 Å². The summed E-state index contributed by atoms with van der Waals surface area (Å²) in [4.78, 5) is 22.6. The van der Waals surface area contributed by atoms with Gasteiger partial charge in [0.2, 0.25) is 0 Å². The zero-order valence-corrected chi connectivity index (χ0v) is 8.61. The summed E-state index contributed by atoms with van der Waals surface area (Å²) in [5.41, 5.74) is 5.48. The third-order valence-electron chi connectivity index (χ3n) is 1.10. The predicted octanol–water partition coefficient (Wildman–Crippen LogP) is -4.25. The zero-order valence-electron chi connectivity index (χ0n) is 8.61. The molecule has 0 radical (unpaired) electrons. The fourth-order valence-electron chi connectivity index (χ4n) is 0.670. The predicted molar refractivity (Wildman–Crippen MR) is 53.7 cm³/mol. The Morgan fingerprint density at radius 2 is 2.06 bits per heavy atom. The topological polar surface area (TPSA) is 168 Å². The molecule has 0 aromatic carbocycles. The number of aliphatic carboxylic acids is 1. The summed E-state index contributed by atoms with van der Waals surface area (Å²) in [5.74, 6) is -1.53. The number of nitrogens with two attached hydrogens (primary N) is 2. The van der Waals surface area contributed by atoms with Crippen molar-refractivity contribution in [1.82, 2.24) is 10.3 Å². The summed E-state index contributed by atoms with van der Waals surface area (Å²) in [6, 6.07) is 3.33. The Kier molecular flexibility index (Phi) is 8.05. The first-order valence-corrected chi connectivity index (χ1v) is 3.93. The van der Waals surface area contributed by atoms with Gasteiger partial charge in [0.15, 0.2) is 0 Å². The number of H-pyrrole nitrogens is 1. The van der Waals surface area contributed by atoms with Crippen LogP contribution in [-0.4, -0.2) is 28.3 Å². The Morgan fingerprint density at radius 1 is 1.56 bits per heavy atom. The number of nitrogens with one attached hydrogen (secondary N) is 2. The van der Waals surface area contributed by atoms with Crippen LogP contribution >= 0.6 is 0 Å². The van der Waals surface area contributed by atoms with E-state index in [1.165, 1.54) is 0 Å². The Morgan fingerprint density at radius 3 is 2.38 bits per heavy atom. The standard InChI is InChI=1S/C6H8N4O.C2H4O2.H2O/c7-6(8)10-5(11)4-2-1-3-9-4;1-2(3)4;/h1-3,9H,(H4,7,8,10,11);1H3,(H,3,4);1H2. The van der Waals surface area contributed by atoms with Crippen molar-refractivity contribution < 1.29 is 25.6 Å². The monoisotopic (exact) mass is 230 g/mol. The SMILES string of the molecule is CC(=O)[O-].NC(=[NH2+])NC(=O)c1ccc[nH]1.O. The van der Waals surface area contributed by atoms with Crippen LogP contribution in [0.4, 0.5) is 0 Å². The molecule has 0 unspecified atom stereocenters. The number of hydrogen-bond donors (Lipinski definition) is 4. The van der Waals surface area contributed by atoms with Gasteiger partial charge in [-0.3, -0.25) is 11.1 Å². The van der Waals surface area contributed by atoms with E-state index in [1.807, 2.05) is 0 Å². The minimum atomic E-state index is -1.08. The maximum absolute atomic E-state index is 11.0. The molecule has 1 amide bonds. The third-order valence-corrected chi connectivity index (χ3v) is 1.10. The molecule has 0 aliphatic heterocycles. The van der Waals surface area contributed by atoms with Crippen LogP contribution < -0.4 is 21.6 Å². The second-order valence-corrected chi connectivity index (χ2v) is 2.48. The van der Waals surface area contributed by atoms with Gasteiger partial charge in [-0.1, -0.05) is 0 Å². The lowest BCUT2D eigenvalue weighted by atomic mass is 10.4. The number of aromatic amines is 1. The highest BCUT2D eigenvalue weighted by Gasteiger charge is 2.09. The first kappa shape index (κ1) is 16.1. The molecule has 0 aliphatic carbocycles. The number of carboxylic acids is 1. The van der Waals surface area contributed by atoms with Gasteiger partial charge in [0.1, 0.15) is 5.69 Å². The lowest BCUT2D eigenvalue weighted by Gasteiger charge is -1.91. The lowest BCUT2D eigenvalue weighted by molar-refractivity contribution is -0.302. The van der Waals surface area contributed by atoms with Crippen LogP contribution in [0.25, 0.3) is 0 Å². The normalized spacial score (nSPS) is 7.81. The van der Waals surface area contributed by atoms with Gasteiger partial charge in [0.05, 0.1) is 0 Å². The number of rotatable bonds is 1. The molecular weight excluding hydrogens is 216 g/mol. The minimum absolute atomic E-state index is 0. The van der Waals surface area contributed by atoms with Crippen molar-refractivity contribution in [3.8, 4) is 0 Å². The van der Waals surface area contributed by atoms with E-state index < -0.39 is 5.97 Å². The third kappa shape index (κ3) is 8.26. The summed E-state index contributed by atoms with van der Waals surface area (Å²) < 4.78 is 0. The Labute approximate surface area is 91.3 Å². The molecule has 16 heavy (non-hydrogen) atoms. The van der Waals surface area contributed by atoms with Gasteiger partial charge in [-0.25, -0.2) is 10.1 Å². The van der Waals surface area contributed by atoms with E-state index in [0.29, 0.717) is 5.69 Å². The molecule has 0 aliphatic rings. The molecule has 0 saturated heterocycles. The number of hydrogen-bond acceptors (Lipinski definition) is 3. The van der Waals surface area contributed by atoms with Crippen molar-refractivity contribution in [2.45, 2.75) is 6.92 Å². The van der Waals surface area contributed by atoms with Crippen LogP contribution in [0.1, 0.15) is 17.4 Å². The van der Waals surface area contributed by atoms with Gasteiger partial charge < -0.3 is 20.4 Å². The highest BCUT2D eigenvalue weighted by molar-refractivity contribution is 6.02. The van der Waals surface area contributed by atoms with Crippen molar-refractivity contribution >= 4 is 17.8 Å². The van der Waals surface area contributed by atoms with Crippen LogP contribution in [0.3, 0.4) is 0 Å². The number of aromatic nitrogens is 1. The number of amides is 1. The molecule has 0 bridgehead atoms. The molecule has 0 atom stereocenters. The summed E-state index contributed by atoms with van der Waals surface area (Å²) in [6.07, 6.45) is 1.64. The van der Waals surface area contributed by atoms with Crippen LogP contribution in [0.15, 0.2) is 18.3 Å². The summed E-state index contributed by atoms with van der Waals surface area (Å²) in [7, 11) is 0. The van der Waals surface area contributed by atoms with E-state index in [2.05, 4.69) is 10.3 Å². The van der Waals surface area contributed by atoms with E-state index in [1.54, 1.807) is 18.3 Å². The molecule has 0 fully saturated rings. The average Bonchev–Trinajstić information content (AvgIpc) is 2.52. The van der Waals surface area contributed by atoms with Crippen molar-refractivity contribution in [2.24, 2.45) is 5.73 Å². The van der Waals surface area contributed by atoms with Crippen molar-refractivity contribution in [2.75, 3.05) is 0 Å². The summed E-state index contributed by atoms with van der Waals surface area (Å²) in [6.45, 7) is 0.972. The first-order chi connectivity index (χ1) is 6.93. The molecule has 1 aromatic rings. The average molecular weight is 230 g/mol. The summed E-state index contributed by atoms with van der Waals surface area (Å²) >= 11 is 0. The Bertz CT molecular complexity index is 343. The van der Waals surface area contributed by atoms with E-state index >= 15 is 0 Å². The fraction of sp³-hybridized carbons (Fsp3) is 0.125. The van der Waals surface area contributed by atoms with Gasteiger partial charge in [0.25, 0.3) is 0 Å². The first-order valence-electron chi connectivity index (χ1n) is 3.93. The quantitative estimate of drug-likeness (QED) is 0.283. The summed E-state index contributed by atoms with van der Waals surface area (Å²) in [5, 5.41) is 16.2. The second-order valence-electron chi connectivity index (χ2n) is 2.48. The zero-order chi connectivity index (χ0) is 11.8. The van der Waals surface area contributed by atoms with Crippen LogP contribution in [0, 0.1) is 0 Å². The Balaban J connectivity index is 0. The van der Waals surface area contributed by atoms with E-state index in [4.69, 9.17) is 21.0 Å². The molecular formula is C8H14N4O4.